The highest BCUT2D eigenvalue weighted by Gasteiger charge is 2.38. The first kappa shape index (κ1) is 27.0. The van der Waals surface area contributed by atoms with Gasteiger partial charge in [0.15, 0.2) is 0 Å². The number of carbonyl (C=O) groups excluding carboxylic acids is 1. The number of rotatable bonds is 7. The number of nitrogens with zero attached hydrogens (tertiary/aromatic N) is 2. The summed E-state index contributed by atoms with van der Waals surface area (Å²) in [5, 5.41) is 17.8. The van der Waals surface area contributed by atoms with Crippen LogP contribution in [-0.4, -0.2) is 36.5 Å². The number of amides is 1. The number of halogens is 4. The number of nitro benzene ring substituents is 1. The number of nitrogens with one attached hydrogen (secondary N) is 2. The standard InChI is InChI=1S/C26H30ClF3N4O3/c27-19-3-8-22(9-4-19)33-13-11-18(12-14-33)25(35)31-16-17-1-5-20(6-2-17)32-21-7-10-24(34(36)37)23(15-21)26(28,29)30/h3-4,7-10,15,17-18,20,32H,1-2,5-6,11-14,16H2,(H,31,35)/t17-,20-. The number of piperidine rings is 1. The molecule has 7 nitrogen and oxygen atoms in total. The van der Waals surface area contributed by atoms with Crippen LogP contribution in [0.25, 0.3) is 0 Å². The summed E-state index contributed by atoms with van der Waals surface area (Å²) in [5.41, 5.74) is -0.873. The van der Waals surface area contributed by atoms with Crippen LogP contribution in [-0.2, 0) is 11.0 Å². The molecule has 1 aliphatic carbocycles. The van der Waals surface area contributed by atoms with Crippen molar-refractivity contribution in [3.63, 3.8) is 0 Å². The van der Waals surface area contributed by atoms with Crippen molar-refractivity contribution >= 4 is 34.6 Å². The summed E-state index contributed by atoms with van der Waals surface area (Å²) in [6, 6.07) is 10.7. The van der Waals surface area contributed by atoms with E-state index < -0.39 is 22.4 Å². The molecule has 0 bridgehead atoms. The first-order chi connectivity index (χ1) is 17.6. The molecule has 2 aliphatic rings. The van der Waals surface area contributed by atoms with Gasteiger partial charge in [0.25, 0.3) is 5.69 Å². The molecule has 2 N–H and O–H groups in total. The van der Waals surface area contributed by atoms with Crippen molar-refractivity contribution < 1.29 is 22.9 Å². The van der Waals surface area contributed by atoms with E-state index in [9.17, 15) is 28.1 Å². The van der Waals surface area contributed by atoms with Crippen LogP contribution in [0.5, 0.6) is 0 Å². The second-order valence-electron chi connectivity index (χ2n) is 9.83. The molecule has 37 heavy (non-hydrogen) atoms. The summed E-state index contributed by atoms with van der Waals surface area (Å²) >= 11 is 5.96. The van der Waals surface area contributed by atoms with Gasteiger partial charge >= 0.3 is 6.18 Å². The van der Waals surface area contributed by atoms with E-state index in [1.165, 1.54) is 6.07 Å². The molecule has 200 valence electrons. The molecule has 4 rings (SSSR count). The van der Waals surface area contributed by atoms with Crippen LogP contribution in [0, 0.1) is 22.0 Å². The molecule has 2 aromatic rings. The van der Waals surface area contributed by atoms with Gasteiger partial charge in [0.1, 0.15) is 5.56 Å². The topological polar surface area (TPSA) is 87.5 Å². The van der Waals surface area contributed by atoms with Crippen molar-refractivity contribution in [2.24, 2.45) is 11.8 Å². The largest absolute Gasteiger partial charge is 0.423 e. The Morgan fingerprint density at radius 2 is 1.68 bits per heavy atom. The summed E-state index contributed by atoms with van der Waals surface area (Å²) in [6.07, 6.45) is -0.0438. The highest BCUT2D eigenvalue weighted by molar-refractivity contribution is 6.30. The Balaban J connectivity index is 1.20. The first-order valence-corrected chi connectivity index (χ1v) is 12.9. The third-order valence-electron chi connectivity index (χ3n) is 7.34. The zero-order chi connectivity index (χ0) is 26.6. The molecule has 1 saturated carbocycles. The second-order valence-corrected chi connectivity index (χ2v) is 10.3. The Hall–Kier alpha value is -3.01. The summed E-state index contributed by atoms with van der Waals surface area (Å²) in [4.78, 5) is 24.9. The van der Waals surface area contributed by atoms with E-state index in [0.717, 1.165) is 69.4 Å². The Labute approximate surface area is 218 Å². The summed E-state index contributed by atoms with van der Waals surface area (Å²) < 4.78 is 39.7. The van der Waals surface area contributed by atoms with Crippen molar-refractivity contribution in [1.29, 1.82) is 0 Å². The minimum Gasteiger partial charge on any atom is -0.382 e. The zero-order valence-corrected chi connectivity index (χ0v) is 21.0. The van der Waals surface area contributed by atoms with E-state index in [4.69, 9.17) is 11.6 Å². The van der Waals surface area contributed by atoms with Crippen LogP contribution in [0.1, 0.15) is 44.1 Å². The molecule has 1 amide bonds. The van der Waals surface area contributed by atoms with Crippen molar-refractivity contribution in [3.8, 4) is 0 Å². The van der Waals surface area contributed by atoms with E-state index >= 15 is 0 Å². The SMILES string of the molecule is O=C(NC[C@H]1CC[C@H](Nc2ccc([N+](=O)[O-])c(C(F)(F)F)c2)CC1)C1CCN(c2ccc(Cl)cc2)CC1. The molecule has 1 aliphatic heterocycles. The fourth-order valence-corrected chi connectivity index (χ4v) is 5.33. The lowest BCUT2D eigenvalue weighted by atomic mass is 9.85. The number of carbonyl (C=O) groups is 1. The van der Waals surface area contributed by atoms with E-state index in [1.54, 1.807) is 0 Å². The maximum absolute atomic E-state index is 13.2. The molecule has 0 aromatic heterocycles. The monoisotopic (exact) mass is 538 g/mol. The molecular weight excluding hydrogens is 509 g/mol. The lowest BCUT2D eigenvalue weighted by molar-refractivity contribution is -0.388. The van der Waals surface area contributed by atoms with E-state index in [-0.39, 0.29) is 23.6 Å². The van der Waals surface area contributed by atoms with Crippen LogP contribution in [0.3, 0.4) is 0 Å². The zero-order valence-electron chi connectivity index (χ0n) is 20.3. The predicted molar refractivity (Wildman–Crippen MR) is 137 cm³/mol. The normalized spacial score (nSPS) is 20.9. The molecular formula is C26H30ClF3N4O3. The number of alkyl halides is 3. The van der Waals surface area contributed by atoms with Gasteiger partial charge in [-0.1, -0.05) is 11.6 Å². The second kappa shape index (κ2) is 11.6. The summed E-state index contributed by atoms with van der Waals surface area (Å²) in [7, 11) is 0. The van der Waals surface area contributed by atoms with Gasteiger partial charge < -0.3 is 15.5 Å². The van der Waals surface area contributed by atoms with Gasteiger partial charge in [-0.2, -0.15) is 13.2 Å². The third kappa shape index (κ3) is 7.06. The molecule has 0 unspecified atom stereocenters. The average molecular weight is 539 g/mol. The molecule has 2 fully saturated rings. The van der Waals surface area contributed by atoms with Crippen LogP contribution in [0.2, 0.25) is 5.02 Å². The van der Waals surface area contributed by atoms with Crippen LogP contribution in [0.15, 0.2) is 42.5 Å². The lowest BCUT2D eigenvalue weighted by Gasteiger charge is -2.34. The van der Waals surface area contributed by atoms with E-state index in [0.29, 0.717) is 17.5 Å². The summed E-state index contributed by atoms with van der Waals surface area (Å²) in [6.45, 7) is 2.23. The van der Waals surface area contributed by atoms with Gasteiger partial charge in [-0.3, -0.25) is 14.9 Å². The van der Waals surface area contributed by atoms with Gasteiger partial charge in [0, 0.05) is 54.1 Å². The fraction of sp³-hybridized carbons (Fsp3) is 0.500. The van der Waals surface area contributed by atoms with Gasteiger partial charge in [-0.25, -0.2) is 0 Å². The Kier molecular flexibility index (Phi) is 8.46. The molecule has 0 atom stereocenters. The molecule has 2 aromatic carbocycles. The quantitative estimate of drug-likeness (QED) is 0.320. The molecule has 0 radical (unpaired) electrons. The van der Waals surface area contributed by atoms with Crippen molar-refractivity contribution in [1.82, 2.24) is 5.32 Å². The van der Waals surface area contributed by atoms with Crippen LogP contribution < -0.4 is 15.5 Å². The van der Waals surface area contributed by atoms with Gasteiger partial charge in [0.05, 0.1) is 4.92 Å². The molecule has 1 heterocycles. The number of benzene rings is 2. The molecule has 1 saturated heterocycles. The maximum Gasteiger partial charge on any atom is 0.423 e. The number of nitro groups is 1. The van der Waals surface area contributed by atoms with Gasteiger partial charge in [0.2, 0.25) is 5.91 Å². The van der Waals surface area contributed by atoms with Crippen molar-refractivity contribution in [2.75, 3.05) is 29.9 Å². The highest BCUT2D eigenvalue weighted by Crippen LogP contribution is 2.38. The predicted octanol–water partition coefficient (Wildman–Crippen LogP) is 6.27. The average Bonchev–Trinajstić information content (AvgIpc) is 2.88. The number of anilines is 2. The van der Waals surface area contributed by atoms with Crippen LogP contribution in [0.4, 0.5) is 30.2 Å². The third-order valence-corrected chi connectivity index (χ3v) is 7.59. The highest BCUT2D eigenvalue weighted by atomic mass is 35.5. The first-order valence-electron chi connectivity index (χ1n) is 12.5. The Morgan fingerprint density at radius 3 is 2.27 bits per heavy atom. The van der Waals surface area contributed by atoms with E-state index in [1.807, 2.05) is 24.3 Å². The minimum absolute atomic E-state index is 0.00785. The summed E-state index contributed by atoms with van der Waals surface area (Å²) in [5.74, 6) is 0.395. The number of hydrogen-bond acceptors (Lipinski definition) is 5. The molecule has 11 heteroatoms. The van der Waals surface area contributed by atoms with Crippen LogP contribution >= 0.6 is 11.6 Å². The Morgan fingerprint density at radius 1 is 1.03 bits per heavy atom. The van der Waals surface area contributed by atoms with E-state index in [2.05, 4.69) is 15.5 Å². The van der Waals surface area contributed by atoms with Gasteiger partial charge in [-0.15, -0.1) is 0 Å². The van der Waals surface area contributed by atoms with Crippen molar-refractivity contribution in [3.05, 3.63) is 63.2 Å². The van der Waals surface area contributed by atoms with Gasteiger partial charge in [-0.05, 0) is 80.8 Å². The molecule has 0 spiro atoms. The maximum atomic E-state index is 13.2. The minimum atomic E-state index is -4.80. The smallest absolute Gasteiger partial charge is 0.382 e. The van der Waals surface area contributed by atoms with Crippen molar-refractivity contribution in [2.45, 2.75) is 50.7 Å². The number of hydrogen-bond donors (Lipinski definition) is 2. The lowest BCUT2D eigenvalue weighted by Crippen LogP contribution is -2.42. The fourth-order valence-electron chi connectivity index (χ4n) is 5.20. The Bertz CT molecular complexity index is 1100.